The molecule has 114 valence electrons. The Labute approximate surface area is 128 Å². The van der Waals surface area contributed by atoms with Crippen LogP contribution < -0.4 is 10.9 Å². The summed E-state index contributed by atoms with van der Waals surface area (Å²) in [5, 5.41) is 4.54. The van der Waals surface area contributed by atoms with Crippen LogP contribution in [0.3, 0.4) is 0 Å². The molecule has 0 aromatic carbocycles. The van der Waals surface area contributed by atoms with Crippen LogP contribution in [0.2, 0.25) is 0 Å². The molecule has 21 heavy (non-hydrogen) atoms. The van der Waals surface area contributed by atoms with Gasteiger partial charge in [-0.25, -0.2) is 9.97 Å². The van der Waals surface area contributed by atoms with Crippen LogP contribution in [0.25, 0.3) is 0 Å². The molecule has 2 N–H and O–H groups in total. The maximum Gasteiger partial charge on any atom is 0.255 e. The number of aromatic amines is 1. The van der Waals surface area contributed by atoms with E-state index in [0.717, 1.165) is 16.4 Å². The van der Waals surface area contributed by atoms with Crippen molar-refractivity contribution in [2.45, 2.75) is 53.6 Å². The lowest BCUT2D eigenvalue weighted by molar-refractivity contribution is 0.491. The largest absolute Gasteiger partial charge is 0.310 e. The van der Waals surface area contributed by atoms with Crippen LogP contribution in [0.5, 0.6) is 0 Å². The first-order chi connectivity index (χ1) is 9.79. The Morgan fingerprint density at radius 1 is 1.05 bits per heavy atom. The quantitative estimate of drug-likeness (QED) is 0.911. The summed E-state index contributed by atoms with van der Waals surface area (Å²) in [6, 6.07) is 0.0740. The normalized spacial score (nSPS) is 14.2. The van der Waals surface area contributed by atoms with Crippen molar-refractivity contribution >= 4 is 11.3 Å². The lowest BCUT2D eigenvalue weighted by Gasteiger charge is -2.20. The van der Waals surface area contributed by atoms with Gasteiger partial charge in [0.25, 0.3) is 5.56 Å². The van der Waals surface area contributed by atoms with Gasteiger partial charge in [-0.15, -0.1) is 11.3 Å². The molecule has 2 aromatic rings. The van der Waals surface area contributed by atoms with Crippen LogP contribution in [0.4, 0.5) is 0 Å². The van der Waals surface area contributed by atoms with E-state index in [-0.39, 0.29) is 17.6 Å². The summed E-state index contributed by atoms with van der Waals surface area (Å²) in [5.41, 5.74) is 2.47. The molecular weight excluding hydrogens is 284 g/mol. The van der Waals surface area contributed by atoms with Crippen LogP contribution in [-0.2, 0) is 0 Å². The second kappa shape index (κ2) is 6.07. The summed E-state index contributed by atoms with van der Waals surface area (Å²) in [7, 11) is 0. The van der Waals surface area contributed by atoms with Gasteiger partial charge < -0.3 is 10.3 Å². The Bertz CT molecular complexity index is 704. The monoisotopic (exact) mass is 306 g/mol. The molecular formula is C15H22N4OS. The number of hydrogen-bond donors (Lipinski definition) is 2. The second-order valence-corrected chi connectivity index (χ2v) is 6.68. The van der Waals surface area contributed by atoms with Gasteiger partial charge in [-0.05, 0) is 41.5 Å². The molecule has 0 aliphatic rings. The molecule has 0 spiro atoms. The zero-order valence-electron chi connectivity index (χ0n) is 13.4. The van der Waals surface area contributed by atoms with E-state index in [4.69, 9.17) is 0 Å². The summed E-state index contributed by atoms with van der Waals surface area (Å²) in [5.74, 6) is 0.649. The second-order valence-electron chi connectivity index (χ2n) is 5.44. The number of thiazole rings is 1. The molecule has 0 saturated carbocycles. The molecule has 0 aliphatic heterocycles. The Morgan fingerprint density at radius 3 is 2.24 bits per heavy atom. The highest BCUT2D eigenvalue weighted by Crippen LogP contribution is 2.26. The highest BCUT2D eigenvalue weighted by atomic mass is 32.1. The van der Waals surface area contributed by atoms with Crippen molar-refractivity contribution in [3.8, 4) is 0 Å². The molecule has 0 aliphatic carbocycles. The molecule has 0 fully saturated rings. The molecule has 0 amide bonds. The third kappa shape index (κ3) is 3.39. The van der Waals surface area contributed by atoms with Crippen molar-refractivity contribution in [3.63, 3.8) is 0 Å². The Hall–Kier alpha value is -1.53. The number of aromatic nitrogens is 3. The zero-order valence-corrected chi connectivity index (χ0v) is 14.2. The standard InChI is InChI=1S/C15H22N4OS/c1-7(13-8(2)17-11(5)19-15(13)20)16-9(3)14-10(4)18-12(6)21-14/h7,9,16H,1-6H3,(H,17,19,20). The van der Waals surface area contributed by atoms with Gasteiger partial charge in [-0.2, -0.15) is 0 Å². The molecule has 2 atom stereocenters. The summed E-state index contributed by atoms with van der Waals surface area (Å²) in [4.78, 5) is 24.9. The summed E-state index contributed by atoms with van der Waals surface area (Å²) < 4.78 is 0. The highest BCUT2D eigenvalue weighted by molar-refractivity contribution is 7.11. The van der Waals surface area contributed by atoms with Crippen LogP contribution in [0, 0.1) is 27.7 Å². The van der Waals surface area contributed by atoms with Crippen molar-refractivity contribution in [1.82, 2.24) is 20.3 Å². The molecule has 6 heteroatoms. The fraction of sp³-hybridized carbons (Fsp3) is 0.533. The van der Waals surface area contributed by atoms with E-state index in [2.05, 4.69) is 27.2 Å². The topological polar surface area (TPSA) is 70.7 Å². The SMILES string of the molecule is Cc1nc(C)c(C(C)NC(C)c2sc(C)nc2C)c(=O)[nH]1. The van der Waals surface area contributed by atoms with Crippen LogP contribution >= 0.6 is 11.3 Å². The predicted octanol–water partition coefficient (Wildman–Crippen LogP) is 2.87. The van der Waals surface area contributed by atoms with Crippen molar-refractivity contribution in [2.75, 3.05) is 0 Å². The molecule has 0 saturated heterocycles. The van der Waals surface area contributed by atoms with Gasteiger partial charge in [0.05, 0.1) is 16.3 Å². The van der Waals surface area contributed by atoms with Gasteiger partial charge in [0.2, 0.25) is 0 Å². The summed E-state index contributed by atoms with van der Waals surface area (Å²) in [6.45, 7) is 11.8. The first kappa shape index (κ1) is 15.9. The Kier molecular flexibility index (Phi) is 4.58. The summed E-state index contributed by atoms with van der Waals surface area (Å²) >= 11 is 1.70. The minimum absolute atomic E-state index is 0.0654. The average molecular weight is 306 g/mol. The molecule has 2 rings (SSSR count). The van der Waals surface area contributed by atoms with E-state index < -0.39 is 0 Å². The smallest absolute Gasteiger partial charge is 0.255 e. The van der Waals surface area contributed by atoms with E-state index in [0.29, 0.717) is 11.4 Å². The minimum Gasteiger partial charge on any atom is -0.310 e. The minimum atomic E-state index is -0.0707. The number of hydrogen-bond acceptors (Lipinski definition) is 5. The summed E-state index contributed by atoms with van der Waals surface area (Å²) in [6.07, 6.45) is 0. The van der Waals surface area contributed by atoms with E-state index in [1.54, 1.807) is 18.3 Å². The van der Waals surface area contributed by atoms with Gasteiger partial charge in [0.1, 0.15) is 5.82 Å². The molecule has 0 bridgehead atoms. The molecule has 2 unspecified atom stereocenters. The average Bonchev–Trinajstić information content (AvgIpc) is 2.66. The van der Waals surface area contributed by atoms with Crippen molar-refractivity contribution in [1.29, 1.82) is 0 Å². The fourth-order valence-corrected chi connectivity index (χ4v) is 3.67. The number of aryl methyl sites for hydroxylation is 4. The molecule has 0 radical (unpaired) electrons. The van der Waals surface area contributed by atoms with E-state index in [1.165, 1.54) is 4.88 Å². The van der Waals surface area contributed by atoms with Crippen LogP contribution in [0.1, 0.15) is 58.6 Å². The van der Waals surface area contributed by atoms with Gasteiger partial charge in [-0.1, -0.05) is 0 Å². The van der Waals surface area contributed by atoms with Crippen molar-refractivity contribution < 1.29 is 0 Å². The lowest BCUT2D eigenvalue weighted by atomic mass is 10.1. The number of rotatable bonds is 4. The van der Waals surface area contributed by atoms with E-state index >= 15 is 0 Å². The highest BCUT2D eigenvalue weighted by Gasteiger charge is 2.19. The third-order valence-corrected chi connectivity index (χ3v) is 4.79. The van der Waals surface area contributed by atoms with E-state index in [1.807, 2.05) is 27.7 Å². The van der Waals surface area contributed by atoms with Crippen molar-refractivity contribution in [2.24, 2.45) is 0 Å². The Balaban J connectivity index is 2.24. The Morgan fingerprint density at radius 2 is 1.71 bits per heavy atom. The van der Waals surface area contributed by atoms with E-state index in [9.17, 15) is 4.79 Å². The first-order valence-corrected chi connectivity index (χ1v) is 7.88. The predicted molar refractivity (Wildman–Crippen MR) is 85.9 cm³/mol. The molecule has 2 heterocycles. The number of nitrogens with zero attached hydrogens (tertiary/aromatic N) is 2. The van der Waals surface area contributed by atoms with Gasteiger partial charge >= 0.3 is 0 Å². The van der Waals surface area contributed by atoms with Crippen LogP contribution in [-0.4, -0.2) is 15.0 Å². The molecule has 2 aromatic heterocycles. The zero-order chi connectivity index (χ0) is 15.7. The lowest BCUT2D eigenvalue weighted by Crippen LogP contribution is -2.29. The van der Waals surface area contributed by atoms with Crippen molar-refractivity contribution in [3.05, 3.63) is 43.0 Å². The fourth-order valence-electron chi connectivity index (χ4n) is 2.73. The maximum absolute atomic E-state index is 12.1. The maximum atomic E-state index is 12.1. The van der Waals surface area contributed by atoms with Gasteiger partial charge in [-0.3, -0.25) is 4.79 Å². The van der Waals surface area contributed by atoms with Gasteiger partial charge in [0.15, 0.2) is 0 Å². The first-order valence-electron chi connectivity index (χ1n) is 7.07. The third-order valence-electron chi connectivity index (χ3n) is 3.53. The van der Waals surface area contributed by atoms with Gasteiger partial charge in [0, 0.05) is 22.7 Å². The molecule has 5 nitrogen and oxygen atoms in total. The number of H-pyrrole nitrogens is 1. The van der Waals surface area contributed by atoms with Crippen LogP contribution in [0.15, 0.2) is 4.79 Å². The number of nitrogens with one attached hydrogen (secondary N) is 2.